The second-order valence-corrected chi connectivity index (χ2v) is 4.87. The molecule has 2 rings (SSSR count). The number of aromatic amines is 1. The molecule has 2 heterocycles. The summed E-state index contributed by atoms with van der Waals surface area (Å²) in [5, 5.41) is 7.73. The summed E-state index contributed by atoms with van der Waals surface area (Å²) in [7, 11) is 2.01. The monoisotopic (exact) mass is 249 g/mol. The van der Waals surface area contributed by atoms with Crippen LogP contribution < -0.4 is 16.2 Å². The van der Waals surface area contributed by atoms with Crippen molar-refractivity contribution >= 4 is 22.8 Å². The minimum atomic E-state index is -0.00950. The number of anilines is 2. The summed E-state index contributed by atoms with van der Waals surface area (Å²) in [6, 6.07) is 0. The van der Waals surface area contributed by atoms with Crippen molar-refractivity contribution in [3.8, 4) is 0 Å². The minimum absolute atomic E-state index is 0.00950. The molecule has 7 nitrogen and oxygen atoms in total. The van der Waals surface area contributed by atoms with E-state index in [9.17, 15) is 0 Å². The fourth-order valence-electron chi connectivity index (χ4n) is 1.66. The standard InChI is InChI=1S/C11H19N7/c1-5-11(2,3)18(4)9-7-6-13-17-8(7)14-10(15-9)16-12/h6H,5,12H2,1-4H3,(H2,13,14,15,16,17). The molecule has 2 aromatic heterocycles. The van der Waals surface area contributed by atoms with E-state index in [0.29, 0.717) is 11.6 Å². The average molecular weight is 249 g/mol. The van der Waals surface area contributed by atoms with Crippen LogP contribution in [0.3, 0.4) is 0 Å². The van der Waals surface area contributed by atoms with E-state index in [2.05, 4.69) is 51.3 Å². The first-order valence-corrected chi connectivity index (χ1v) is 5.91. The fraction of sp³-hybridized carbons (Fsp3) is 0.545. The van der Waals surface area contributed by atoms with Crippen LogP contribution >= 0.6 is 0 Å². The molecule has 98 valence electrons. The first-order chi connectivity index (χ1) is 8.49. The first kappa shape index (κ1) is 12.6. The molecule has 2 aromatic rings. The Balaban J connectivity index is 2.58. The van der Waals surface area contributed by atoms with E-state index in [1.165, 1.54) is 0 Å². The molecule has 0 aliphatic rings. The number of fused-ring (bicyclic) bond motifs is 1. The van der Waals surface area contributed by atoms with E-state index in [1.807, 2.05) is 7.05 Å². The Kier molecular flexibility index (Phi) is 3.08. The summed E-state index contributed by atoms with van der Waals surface area (Å²) in [6.45, 7) is 6.47. The van der Waals surface area contributed by atoms with E-state index in [1.54, 1.807) is 6.20 Å². The second kappa shape index (κ2) is 4.41. The van der Waals surface area contributed by atoms with Gasteiger partial charge < -0.3 is 4.90 Å². The molecule has 0 saturated heterocycles. The van der Waals surface area contributed by atoms with Gasteiger partial charge in [0.2, 0.25) is 5.95 Å². The summed E-state index contributed by atoms with van der Waals surface area (Å²) < 4.78 is 0. The van der Waals surface area contributed by atoms with Crippen LogP contribution in [0.2, 0.25) is 0 Å². The highest BCUT2D eigenvalue weighted by Crippen LogP contribution is 2.29. The van der Waals surface area contributed by atoms with Crippen molar-refractivity contribution in [2.45, 2.75) is 32.7 Å². The van der Waals surface area contributed by atoms with Gasteiger partial charge in [0.1, 0.15) is 5.82 Å². The quantitative estimate of drug-likeness (QED) is 0.557. The van der Waals surface area contributed by atoms with Crippen LogP contribution in [-0.2, 0) is 0 Å². The van der Waals surface area contributed by atoms with Gasteiger partial charge in [-0.05, 0) is 20.3 Å². The van der Waals surface area contributed by atoms with Gasteiger partial charge in [-0.3, -0.25) is 10.5 Å². The number of aromatic nitrogens is 4. The Morgan fingerprint density at radius 3 is 2.78 bits per heavy atom. The highest BCUT2D eigenvalue weighted by atomic mass is 15.3. The summed E-state index contributed by atoms with van der Waals surface area (Å²) in [6.07, 6.45) is 2.73. The number of rotatable bonds is 4. The smallest absolute Gasteiger partial charge is 0.241 e. The third-order valence-electron chi connectivity index (χ3n) is 3.51. The first-order valence-electron chi connectivity index (χ1n) is 5.91. The van der Waals surface area contributed by atoms with Gasteiger partial charge in [-0.15, -0.1) is 0 Å². The normalized spacial score (nSPS) is 11.8. The van der Waals surface area contributed by atoms with Gasteiger partial charge in [-0.2, -0.15) is 15.1 Å². The van der Waals surface area contributed by atoms with Crippen molar-refractivity contribution in [1.82, 2.24) is 20.2 Å². The lowest BCUT2D eigenvalue weighted by molar-refractivity contribution is 0.468. The van der Waals surface area contributed by atoms with Gasteiger partial charge in [0, 0.05) is 12.6 Å². The number of hydrogen-bond donors (Lipinski definition) is 3. The molecular weight excluding hydrogens is 230 g/mol. The zero-order valence-electron chi connectivity index (χ0n) is 11.2. The SMILES string of the molecule is CCC(C)(C)N(C)c1nc(NN)nc2[nH]ncc12. The molecule has 0 saturated carbocycles. The molecule has 0 amide bonds. The van der Waals surface area contributed by atoms with Crippen LogP contribution in [-0.4, -0.2) is 32.8 Å². The Morgan fingerprint density at radius 1 is 1.44 bits per heavy atom. The summed E-state index contributed by atoms with van der Waals surface area (Å²) in [5.41, 5.74) is 3.14. The lowest BCUT2D eigenvalue weighted by Gasteiger charge is -2.36. The van der Waals surface area contributed by atoms with Crippen molar-refractivity contribution in [3.05, 3.63) is 6.20 Å². The molecule has 0 fully saturated rings. The number of nitrogens with zero attached hydrogens (tertiary/aromatic N) is 4. The van der Waals surface area contributed by atoms with E-state index < -0.39 is 0 Å². The number of hydrazine groups is 1. The molecule has 18 heavy (non-hydrogen) atoms. The molecule has 0 unspecified atom stereocenters. The number of nitrogen functional groups attached to an aromatic ring is 1. The largest absolute Gasteiger partial charge is 0.354 e. The zero-order chi connectivity index (χ0) is 13.3. The van der Waals surface area contributed by atoms with E-state index in [-0.39, 0.29) is 5.54 Å². The maximum Gasteiger partial charge on any atom is 0.241 e. The summed E-state index contributed by atoms with van der Waals surface area (Å²) in [5.74, 6) is 6.58. The number of H-pyrrole nitrogens is 1. The average Bonchev–Trinajstić information content (AvgIpc) is 2.84. The Morgan fingerprint density at radius 2 is 2.17 bits per heavy atom. The molecule has 0 aromatic carbocycles. The lowest BCUT2D eigenvalue weighted by Crippen LogP contribution is -2.41. The van der Waals surface area contributed by atoms with Gasteiger partial charge in [0.25, 0.3) is 0 Å². The van der Waals surface area contributed by atoms with Crippen molar-refractivity contribution in [3.63, 3.8) is 0 Å². The highest BCUT2D eigenvalue weighted by molar-refractivity contribution is 5.87. The Labute approximate surface area is 106 Å². The van der Waals surface area contributed by atoms with E-state index >= 15 is 0 Å². The molecular formula is C11H19N7. The van der Waals surface area contributed by atoms with E-state index in [0.717, 1.165) is 17.6 Å². The van der Waals surface area contributed by atoms with Crippen molar-refractivity contribution in [2.24, 2.45) is 5.84 Å². The second-order valence-electron chi connectivity index (χ2n) is 4.87. The fourth-order valence-corrected chi connectivity index (χ4v) is 1.66. The molecule has 7 heteroatoms. The highest BCUT2D eigenvalue weighted by Gasteiger charge is 2.25. The van der Waals surface area contributed by atoms with Crippen LogP contribution in [0.15, 0.2) is 6.20 Å². The molecule has 0 atom stereocenters. The van der Waals surface area contributed by atoms with Crippen LogP contribution in [0.5, 0.6) is 0 Å². The van der Waals surface area contributed by atoms with Crippen molar-refractivity contribution in [1.29, 1.82) is 0 Å². The minimum Gasteiger partial charge on any atom is -0.354 e. The number of nitrogens with one attached hydrogen (secondary N) is 2. The Hall–Kier alpha value is -1.89. The molecule has 4 N–H and O–H groups in total. The van der Waals surface area contributed by atoms with Crippen LogP contribution in [0.4, 0.5) is 11.8 Å². The van der Waals surface area contributed by atoms with E-state index in [4.69, 9.17) is 5.84 Å². The van der Waals surface area contributed by atoms with Gasteiger partial charge in [-0.1, -0.05) is 6.92 Å². The third-order valence-corrected chi connectivity index (χ3v) is 3.51. The predicted molar refractivity (Wildman–Crippen MR) is 72.3 cm³/mol. The summed E-state index contributed by atoms with van der Waals surface area (Å²) in [4.78, 5) is 10.8. The topological polar surface area (TPSA) is 95.8 Å². The zero-order valence-corrected chi connectivity index (χ0v) is 11.2. The number of nitrogens with two attached hydrogens (primary N) is 1. The molecule has 0 bridgehead atoms. The van der Waals surface area contributed by atoms with Gasteiger partial charge >= 0.3 is 0 Å². The predicted octanol–water partition coefficient (Wildman–Crippen LogP) is 1.26. The van der Waals surface area contributed by atoms with Crippen LogP contribution in [0.1, 0.15) is 27.2 Å². The van der Waals surface area contributed by atoms with Crippen molar-refractivity contribution < 1.29 is 0 Å². The maximum atomic E-state index is 5.39. The molecule has 0 spiro atoms. The van der Waals surface area contributed by atoms with Gasteiger partial charge in [0.05, 0.1) is 11.6 Å². The molecule has 0 radical (unpaired) electrons. The number of hydrogen-bond acceptors (Lipinski definition) is 6. The maximum absolute atomic E-state index is 5.39. The summed E-state index contributed by atoms with van der Waals surface area (Å²) >= 11 is 0. The van der Waals surface area contributed by atoms with Gasteiger partial charge in [0.15, 0.2) is 5.65 Å². The molecule has 0 aliphatic heterocycles. The lowest BCUT2D eigenvalue weighted by atomic mass is 10.00. The van der Waals surface area contributed by atoms with Crippen molar-refractivity contribution in [2.75, 3.05) is 17.4 Å². The third kappa shape index (κ3) is 1.97. The van der Waals surface area contributed by atoms with Crippen LogP contribution in [0.25, 0.3) is 11.0 Å². The van der Waals surface area contributed by atoms with Crippen LogP contribution in [0, 0.1) is 0 Å². The molecule has 0 aliphatic carbocycles. The Bertz CT molecular complexity index is 545. The van der Waals surface area contributed by atoms with Gasteiger partial charge in [-0.25, -0.2) is 5.84 Å².